The molecule has 1 aliphatic rings. The van der Waals surface area contributed by atoms with Crippen LogP contribution in [0, 0.1) is 0 Å². The summed E-state index contributed by atoms with van der Waals surface area (Å²) in [5.41, 5.74) is 6.35. The molecule has 0 saturated carbocycles. The van der Waals surface area contributed by atoms with Crippen molar-refractivity contribution in [3.63, 3.8) is 0 Å². The highest BCUT2D eigenvalue weighted by atomic mass is 16.5. The lowest BCUT2D eigenvalue weighted by atomic mass is 10.2. The van der Waals surface area contributed by atoms with Crippen LogP contribution < -0.4 is 10.5 Å². The Morgan fingerprint density at radius 3 is 3.20 bits per heavy atom. The summed E-state index contributed by atoms with van der Waals surface area (Å²) in [4.78, 5) is 3.93. The summed E-state index contributed by atoms with van der Waals surface area (Å²) >= 11 is 0. The molecule has 0 radical (unpaired) electrons. The fourth-order valence-electron chi connectivity index (χ4n) is 1.54. The van der Waals surface area contributed by atoms with E-state index < -0.39 is 0 Å². The number of nitrogens with two attached hydrogens (primary N) is 1. The van der Waals surface area contributed by atoms with E-state index in [-0.39, 0.29) is 12.7 Å². The van der Waals surface area contributed by atoms with E-state index in [1.165, 1.54) is 0 Å². The van der Waals surface area contributed by atoms with E-state index >= 15 is 0 Å². The Morgan fingerprint density at radius 1 is 1.67 bits per heavy atom. The summed E-state index contributed by atoms with van der Waals surface area (Å²) in [6, 6.07) is 1.70. The molecule has 1 aliphatic heterocycles. The van der Waals surface area contributed by atoms with Gasteiger partial charge in [-0.1, -0.05) is 0 Å². The molecule has 0 aromatic carbocycles. The van der Waals surface area contributed by atoms with Gasteiger partial charge in [-0.25, -0.2) is 4.98 Å². The molecule has 5 heteroatoms. The SMILES string of the molecule is Nc1nccc(CO)c1OC1CCOC1. The van der Waals surface area contributed by atoms with Crippen LogP contribution in [-0.2, 0) is 11.3 Å². The molecule has 82 valence electrons. The number of aliphatic hydroxyl groups is 1. The van der Waals surface area contributed by atoms with Crippen molar-refractivity contribution < 1.29 is 14.6 Å². The third-order valence-corrected chi connectivity index (χ3v) is 2.36. The molecule has 1 unspecified atom stereocenters. The van der Waals surface area contributed by atoms with Crippen LogP contribution >= 0.6 is 0 Å². The van der Waals surface area contributed by atoms with Crippen LogP contribution in [0.4, 0.5) is 5.82 Å². The van der Waals surface area contributed by atoms with Crippen molar-refractivity contribution in [2.45, 2.75) is 19.1 Å². The zero-order valence-corrected chi connectivity index (χ0v) is 8.35. The molecule has 1 aromatic heterocycles. The van der Waals surface area contributed by atoms with Gasteiger partial charge >= 0.3 is 0 Å². The van der Waals surface area contributed by atoms with Crippen molar-refractivity contribution in [1.29, 1.82) is 0 Å². The lowest BCUT2D eigenvalue weighted by molar-refractivity contribution is 0.139. The molecule has 2 heterocycles. The van der Waals surface area contributed by atoms with Crippen LogP contribution in [0.3, 0.4) is 0 Å². The van der Waals surface area contributed by atoms with Gasteiger partial charge in [-0.05, 0) is 6.07 Å². The van der Waals surface area contributed by atoms with Crippen LogP contribution in [-0.4, -0.2) is 29.4 Å². The predicted molar refractivity (Wildman–Crippen MR) is 54.4 cm³/mol. The lowest BCUT2D eigenvalue weighted by Crippen LogP contribution is -2.18. The van der Waals surface area contributed by atoms with Crippen molar-refractivity contribution in [2.75, 3.05) is 18.9 Å². The first-order valence-corrected chi connectivity index (χ1v) is 4.90. The molecule has 15 heavy (non-hydrogen) atoms. The fourth-order valence-corrected chi connectivity index (χ4v) is 1.54. The number of pyridine rings is 1. The Hall–Kier alpha value is -1.33. The molecule has 3 N–H and O–H groups in total. The largest absolute Gasteiger partial charge is 0.484 e. The zero-order valence-electron chi connectivity index (χ0n) is 8.35. The molecular formula is C10H14N2O3. The third kappa shape index (κ3) is 2.19. The first-order chi connectivity index (χ1) is 7.31. The van der Waals surface area contributed by atoms with Gasteiger partial charge in [-0.2, -0.15) is 0 Å². The van der Waals surface area contributed by atoms with Crippen LogP contribution in [0.2, 0.25) is 0 Å². The quantitative estimate of drug-likeness (QED) is 0.751. The molecular weight excluding hydrogens is 196 g/mol. The minimum atomic E-state index is -0.102. The van der Waals surface area contributed by atoms with E-state index in [4.69, 9.17) is 20.3 Å². The van der Waals surface area contributed by atoms with Crippen molar-refractivity contribution in [1.82, 2.24) is 4.98 Å². The van der Waals surface area contributed by atoms with E-state index in [1.807, 2.05) is 0 Å². The van der Waals surface area contributed by atoms with Crippen molar-refractivity contribution in [3.8, 4) is 5.75 Å². The highest BCUT2D eigenvalue weighted by molar-refractivity contribution is 5.50. The number of nitrogen functional groups attached to an aromatic ring is 1. The average molecular weight is 210 g/mol. The number of aliphatic hydroxyl groups excluding tert-OH is 1. The Balaban J connectivity index is 2.17. The minimum Gasteiger partial charge on any atom is -0.484 e. The lowest BCUT2D eigenvalue weighted by Gasteiger charge is -2.15. The summed E-state index contributed by atoms with van der Waals surface area (Å²) in [7, 11) is 0. The molecule has 2 rings (SSSR count). The van der Waals surface area contributed by atoms with Crippen molar-refractivity contribution in [3.05, 3.63) is 17.8 Å². The maximum Gasteiger partial charge on any atom is 0.167 e. The standard InChI is InChI=1S/C10H14N2O3/c11-10-9(7(5-13)1-3-12-10)15-8-2-4-14-6-8/h1,3,8,13H,2,4-6H2,(H2,11,12). The normalized spacial score (nSPS) is 20.5. The third-order valence-electron chi connectivity index (χ3n) is 2.36. The van der Waals surface area contributed by atoms with Crippen LogP contribution in [0.15, 0.2) is 12.3 Å². The van der Waals surface area contributed by atoms with Gasteiger partial charge in [0, 0.05) is 18.2 Å². The zero-order chi connectivity index (χ0) is 10.7. The highest BCUT2D eigenvalue weighted by Crippen LogP contribution is 2.26. The molecule has 0 aliphatic carbocycles. The molecule has 1 fully saturated rings. The number of nitrogens with zero attached hydrogens (tertiary/aromatic N) is 1. The number of rotatable bonds is 3. The number of anilines is 1. The highest BCUT2D eigenvalue weighted by Gasteiger charge is 2.20. The summed E-state index contributed by atoms with van der Waals surface area (Å²) in [5, 5.41) is 9.12. The topological polar surface area (TPSA) is 77.6 Å². The van der Waals surface area contributed by atoms with E-state index in [0.29, 0.717) is 30.3 Å². The van der Waals surface area contributed by atoms with E-state index in [1.54, 1.807) is 12.3 Å². The van der Waals surface area contributed by atoms with Crippen molar-refractivity contribution >= 4 is 5.82 Å². The molecule has 1 aromatic rings. The molecule has 0 amide bonds. The average Bonchev–Trinajstić information content (AvgIpc) is 2.74. The second-order valence-electron chi connectivity index (χ2n) is 3.45. The smallest absolute Gasteiger partial charge is 0.167 e. The van der Waals surface area contributed by atoms with Gasteiger partial charge in [-0.15, -0.1) is 0 Å². The van der Waals surface area contributed by atoms with E-state index in [2.05, 4.69) is 4.98 Å². The number of hydrogen-bond donors (Lipinski definition) is 2. The Morgan fingerprint density at radius 2 is 2.53 bits per heavy atom. The predicted octanol–water partition coefficient (Wildman–Crippen LogP) is 0.324. The van der Waals surface area contributed by atoms with Crippen LogP contribution in [0.5, 0.6) is 5.75 Å². The van der Waals surface area contributed by atoms with Gasteiger partial charge in [0.15, 0.2) is 11.6 Å². The van der Waals surface area contributed by atoms with Gasteiger partial charge < -0.3 is 20.3 Å². The minimum absolute atomic E-state index is 0.0156. The Kier molecular flexibility index (Phi) is 3.03. The first kappa shape index (κ1) is 10.2. The van der Waals surface area contributed by atoms with Gasteiger partial charge in [0.05, 0.1) is 19.8 Å². The Labute approximate surface area is 87.8 Å². The van der Waals surface area contributed by atoms with Crippen LogP contribution in [0.25, 0.3) is 0 Å². The maximum absolute atomic E-state index is 9.12. The van der Waals surface area contributed by atoms with E-state index in [9.17, 15) is 0 Å². The van der Waals surface area contributed by atoms with Gasteiger partial charge in [0.25, 0.3) is 0 Å². The second kappa shape index (κ2) is 4.46. The Bertz CT molecular complexity index is 337. The molecule has 5 nitrogen and oxygen atoms in total. The second-order valence-corrected chi connectivity index (χ2v) is 3.45. The molecule has 1 saturated heterocycles. The van der Waals surface area contributed by atoms with Gasteiger partial charge in [0.2, 0.25) is 0 Å². The number of ether oxygens (including phenoxy) is 2. The summed E-state index contributed by atoms with van der Waals surface area (Å²) in [6.07, 6.45) is 2.42. The van der Waals surface area contributed by atoms with Crippen molar-refractivity contribution in [2.24, 2.45) is 0 Å². The van der Waals surface area contributed by atoms with Gasteiger partial charge in [0.1, 0.15) is 6.10 Å². The van der Waals surface area contributed by atoms with E-state index in [0.717, 1.165) is 6.42 Å². The van der Waals surface area contributed by atoms with Crippen LogP contribution in [0.1, 0.15) is 12.0 Å². The summed E-state index contributed by atoms with van der Waals surface area (Å²) < 4.78 is 10.8. The maximum atomic E-state index is 9.12. The first-order valence-electron chi connectivity index (χ1n) is 4.90. The summed E-state index contributed by atoms with van der Waals surface area (Å²) in [6.45, 7) is 1.17. The molecule has 1 atom stereocenters. The number of aromatic nitrogens is 1. The fraction of sp³-hybridized carbons (Fsp3) is 0.500. The molecule has 0 bridgehead atoms. The summed E-state index contributed by atoms with van der Waals surface area (Å²) in [5.74, 6) is 0.795. The monoisotopic (exact) mass is 210 g/mol. The number of hydrogen-bond acceptors (Lipinski definition) is 5. The van der Waals surface area contributed by atoms with Gasteiger partial charge in [-0.3, -0.25) is 0 Å². The molecule has 0 spiro atoms.